The molecule has 0 aliphatic heterocycles. The maximum absolute atomic E-state index is 13.5. The number of aromatic nitrogens is 2. The predicted octanol–water partition coefficient (Wildman–Crippen LogP) is 4.80. The number of carbonyl (C=O) groups is 2. The predicted molar refractivity (Wildman–Crippen MR) is 173 cm³/mol. The number of fused-ring (bicyclic) bond motifs is 2. The van der Waals surface area contributed by atoms with E-state index in [2.05, 4.69) is 10.6 Å². The molecule has 8 heteroatoms. The van der Waals surface area contributed by atoms with Crippen molar-refractivity contribution >= 4 is 33.6 Å². The van der Waals surface area contributed by atoms with Crippen molar-refractivity contribution in [3.63, 3.8) is 0 Å². The summed E-state index contributed by atoms with van der Waals surface area (Å²) >= 11 is 0. The molecule has 0 aliphatic carbocycles. The van der Waals surface area contributed by atoms with Crippen molar-refractivity contribution in [2.75, 3.05) is 26.3 Å². The first kappa shape index (κ1) is 29.2. The third-order valence-corrected chi connectivity index (χ3v) is 7.83. The summed E-state index contributed by atoms with van der Waals surface area (Å²) in [6.07, 6.45) is 3.62. The third-order valence-electron chi connectivity index (χ3n) is 7.83. The summed E-state index contributed by atoms with van der Waals surface area (Å²) < 4.78 is 3.35. The highest BCUT2D eigenvalue weighted by Crippen LogP contribution is 2.35. The lowest BCUT2D eigenvalue weighted by Gasteiger charge is -2.10. The first-order chi connectivity index (χ1) is 21.6. The molecule has 0 atom stereocenters. The Morgan fingerprint density at radius 2 is 0.955 bits per heavy atom. The number of aliphatic hydroxyl groups is 2. The molecule has 0 amide bonds. The van der Waals surface area contributed by atoms with Gasteiger partial charge in [0, 0.05) is 60.5 Å². The van der Waals surface area contributed by atoms with Gasteiger partial charge in [-0.2, -0.15) is 0 Å². The van der Waals surface area contributed by atoms with Gasteiger partial charge in [0.25, 0.3) is 11.8 Å². The van der Waals surface area contributed by atoms with Crippen molar-refractivity contribution in [2.45, 2.75) is 13.1 Å². The number of hydrogen-bond acceptors (Lipinski definition) is 6. The van der Waals surface area contributed by atoms with Crippen molar-refractivity contribution in [3.8, 4) is 11.1 Å². The highest BCUT2D eigenvalue weighted by atomic mass is 16.3. The Hall–Kier alpha value is -4.86. The van der Waals surface area contributed by atoms with E-state index < -0.39 is 0 Å². The van der Waals surface area contributed by atoms with E-state index in [0.717, 1.165) is 44.1 Å². The summed E-state index contributed by atoms with van der Waals surface area (Å²) in [4.78, 5) is 27.0. The minimum absolute atomic E-state index is 0.0815. The van der Waals surface area contributed by atoms with Gasteiger partial charge in [0.1, 0.15) is 0 Å². The molecule has 44 heavy (non-hydrogen) atoms. The lowest BCUT2D eigenvalue weighted by molar-refractivity contribution is 0.0957. The van der Waals surface area contributed by atoms with E-state index in [4.69, 9.17) is 10.2 Å². The highest BCUT2D eigenvalue weighted by molar-refractivity contribution is 6.10. The molecule has 2 aromatic heterocycles. The van der Waals surface area contributed by atoms with E-state index in [0.29, 0.717) is 37.3 Å². The lowest BCUT2D eigenvalue weighted by Crippen LogP contribution is -2.17. The van der Waals surface area contributed by atoms with Crippen LogP contribution >= 0.6 is 0 Å². The molecule has 0 bridgehead atoms. The zero-order valence-electron chi connectivity index (χ0n) is 24.2. The van der Waals surface area contributed by atoms with Gasteiger partial charge in [-0.15, -0.1) is 0 Å². The Labute approximate surface area is 255 Å². The van der Waals surface area contributed by atoms with Gasteiger partial charge in [-0.25, -0.2) is 0 Å². The molecule has 0 spiro atoms. The van der Waals surface area contributed by atoms with Crippen molar-refractivity contribution in [3.05, 3.63) is 132 Å². The zero-order chi connectivity index (χ0) is 30.5. The second kappa shape index (κ2) is 13.2. The minimum Gasteiger partial charge on any atom is -0.395 e. The maximum atomic E-state index is 13.5. The van der Waals surface area contributed by atoms with Crippen LogP contribution in [0.3, 0.4) is 0 Å². The Morgan fingerprint density at radius 3 is 1.34 bits per heavy atom. The quantitative estimate of drug-likeness (QED) is 0.163. The summed E-state index contributed by atoms with van der Waals surface area (Å²) in [6.45, 7) is 2.45. The number of aliphatic hydroxyl groups excluding tert-OH is 2. The molecule has 0 unspecified atom stereocenters. The van der Waals surface area contributed by atoms with E-state index in [-0.39, 0.29) is 25.0 Å². The van der Waals surface area contributed by atoms with Gasteiger partial charge >= 0.3 is 0 Å². The van der Waals surface area contributed by atoms with Crippen LogP contribution in [0.1, 0.15) is 31.8 Å². The Bertz CT molecular complexity index is 1780. The smallest absolute Gasteiger partial charge is 0.262 e. The van der Waals surface area contributed by atoms with Gasteiger partial charge in [-0.1, -0.05) is 48.5 Å². The fraction of sp³-hybridized carbons (Fsp3) is 0.167. The van der Waals surface area contributed by atoms with Crippen molar-refractivity contribution in [2.24, 2.45) is 0 Å². The number of carbonyl (C=O) groups excluding carboxylic acids is 2. The number of hydrogen-bond donors (Lipinski definition) is 4. The maximum Gasteiger partial charge on any atom is 0.262 e. The standard InChI is InChI=1S/C36H34N4O4/c41-21-17-37-23-25-7-11-27(12-8-25)35(43)39-19-15-31-29(3-1-5-33(31)39)30-4-2-6-34-32(30)16-20-40(34)36(44)28-13-9-26(10-14-28)24-38-18-22-42/h1-16,19-20,37-38,41-42H,17-18,21-24H2. The Morgan fingerprint density at radius 1 is 0.545 bits per heavy atom. The molecule has 2 heterocycles. The third kappa shape index (κ3) is 5.84. The van der Waals surface area contributed by atoms with Crippen LogP contribution in [0.25, 0.3) is 32.9 Å². The van der Waals surface area contributed by atoms with Crippen LogP contribution < -0.4 is 10.6 Å². The van der Waals surface area contributed by atoms with E-state index >= 15 is 0 Å². The molecular weight excluding hydrogens is 552 g/mol. The molecule has 222 valence electrons. The molecule has 0 saturated heterocycles. The molecule has 4 aromatic carbocycles. The van der Waals surface area contributed by atoms with Crippen LogP contribution in [-0.2, 0) is 13.1 Å². The van der Waals surface area contributed by atoms with Crippen LogP contribution in [-0.4, -0.2) is 57.5 Å². The topological polar surface area (TPSA) is 109 Å². The fourth-order valence-corrected chi connectivity index (χ4v) is 5.59. The summed E-state index contributed by atoms with van der Waals surface area (Å²) in [5.41, 5.74) is 6.83. The number of benzene rings is 4. The fourth-order valence-electron chi connectivity index (χ4n) is 5.59. The lowest BCUT2D eigenvalue weighted by atomic mass is 9.98. The molecule has 0 radical (unpaired) electrons. The van der Waals surface area contributed by atoms with Gasteiger partial charge in [0.05, 0.1) is 24.2 Å². The zero-order valence-corrected chi connectivity index (χ0v) is 24.2. The Kier molecular flexibility index (Phi) is 8.76. The van der Waals surface area contributed by atoms with E-state index in [1.807, 2.05) is 109 Å². The van der Waals surface area contributed by atoms with Crippen molar-refractivity contribution in [1.82, 2.24) is 19.8 Å². The summed E-state index contributed by atoms with van der Waals surface area (Å²) in [5, 5.41) is 26.1. The molecule has 6 rings (SSSR count). The highest BCUT2D eigenvalue weighted by Gasteiger charge is 2.18. The molecule has 8 nitrogen and oxygen atoms in total. The molecular formula is C36H34N4O4. The van der Waals surface area contributed by atoms with Crippen LogP contribution in [0.5, 0.6) is 0 Å². The minimum atomic E-state index is -0.114. The van der Waals surface area contributed by atoms with Gasteiger partial charge in [-0.05, 0) is 70.8 Å². The largest absolute Gasteiger partial charge is 0.395 e. The first-order valence-electron chi connectivity index (χ1n) is 14.7. The van der Waals surface area contributed by atoms with Crippen LogP contribution in [0, 0.1) is 0 Å². The molecule has 0 fully saturated rings. The average Bonchev–Trinajstić information content (AvgIpc) is 3.70. The number of rotatable bonds is 11. The van der Waals surface area contributed by atoms with E-state index in [9.17, 15) is 9.59 Å². The second-order valence-corrected chi connectivity index (χ2v) is 10.7. The van der Waals surface area contributed by atoms with Gasteiger partial charge in [0.15, 0.2) is 0 Å². The monoisotopic (exact) mass is 586 g/mol. The number of nitrogens with zero attached hydrogens (tertiary/aromatic N) is 2. The molecule has 0 aliphatic rings. The molecule has 4 N–H and O–H groups in total. The Balaban J connectivity index is 1.28. The molecule has 0 saturated carbocycles. The first-order valence-corrected chi connectivity index (χ1v) is 14.7. The van der Waals surface area contributed by atoms with Crippen LogP contribution in [0.2, 0.25) is 0 Å². The van der Waals surface area contributed by atoms with Crippen molar-refractivity contribution in [1.29, 1.82) is 0 Å². The SMILES string of the molecule is O=C(c1ccc(CNCCO)cc1)n1ccc2c(-c3cccc4c3ccn4C(=O)c3ccc(CNCCO)cc3)cccc21. The van der Waals surface area contributed by atoms with Crippen molar-refractivity contribution < 1.29 is 19.8 Å². The van der Waals surface area contributed by atoms with Gasteiger partial charge in [0.2, 0.25) is 0 Å². The van der Waals surface area contributed by atoms with E-state index in [1.165, 1.54) is 0 Å². The number of nitrogens with one attached hydrogen (secondary N) is 2. The normalized spacial score (nSPS) is 11.4. The van der Waals surface area contributed by atoms with E-state index in [1.54, 1.807) is 9.13 Å². The summed E-state index contributed by atoms with van der Waals surface area (Å²) in [5.74, 6) is -0.227. The van der Waals surface area contributed by atoms with Crippen LogP contribution in [0.15, 0.2) is 109 Å². The summed E-state index contributed by atoms with van der Waals surface area (Å²) in [7, 11) is 0. The van der Waals surface area contributed by atoms with Gasteiger partial charge < -0.3 is 20.8 Å². The second-order valence-electron chi connectivity index (χ2n) is 10.7. The van der Waals surface area contributed by atoms with Crippen LogP contribution in [0.4, 0.5) is 0 Å². The summed E-state index contributed by atoms with van der Waals surface area (Å²) in [6, 6.07) is 30.8. The van der Waals surface area contributed by atoms with Gasteiger partial charge in [-0.3, -0.25) is 18.7 Å². The molecule has 6 aromatic rings. The average molecular weight is 587 g/mol.